The maximum absolute atomic E-state index is 13.7. The minimum atomic E-state index is -0.604. The largest absolute Gasteiger partial charge is 0.336 e. The van der Waals surface area contributed by atoms with Crippen LogP contribution < -0.4 is 10.9 Å². The lowest BCUT2D eigenvalue weighted by molar-refractivity contribution is 0.0736. The number of carbonyl (C=O) groups excluding carboxylic acids is 1. The molecule has 32 heavy (non-hydrogen) atoms. The minimum Gasteiger partial charge on any atom is -0.336 e. The SMILES string of the molecule is O=C(c1ccc(-n2cc(-c3cc4cc(Cl)c(F)cc4[nH]c3=O)nn2)cc1)N1CCNCC1. The van der Waals surface area contributed by atoms with E-state index in [2.05, 4.69) is 20.6 Å². The van der Waals surface area contributed by atoms with Crippen molar-refractivity contribution in [1.29, 1.82) is 0 Å². The Balaban J connectivity index is 1.42. The minimum absolute atomic E-state index is 0.00451. The van der Waals surface area contributed by atoms with Crippen molar-refractivity contribution in [2.24, 2.45) is 0 Å². The molecule has 0 saturated carbocycles. The summed E-state index contributed by atoms with van der Waals surface area (Å²) in [5, 5.41) is 12.0. The van der Waals surface area contributed by atoms with Crippen LogP contribution in [0.15, 0.2) is 53.5 Å². The normalized spacial score (nSPS) is 14.1. The predicted molar refractivity (Wildman–Crippen MR) is 119 cm³/mol. The summed E-state index contributed by atoms with van der Waals surface area (Å²) in [6, 6.07) is 11.3. The molecule has 1 amide bonds. The first-order valence-corrected chi connectivity index (χ1v) is 10.4. The predicted octanol–water partition coefficient (Wildman–Crippen LogP) is 2.61. The lowest BCUT2D eigenvalue weighted by atomic mass is 10.1. The third kappa shape index (κ3) is 3.76. The monoisotopic (exact) mass is 452 g/mol. The van der Waals surface area contributed by atoms with E-state index in [-0.39, 0.29) is 16.5 Å². The number of benzene rings is 2. The number of halogens is 2. The standard InChI is InChI=1S/C22H18ClFN6O2/c23-17-10-14-9-16(21(31)26-19(14)11-18(17)24)20-12-30(28-27-20)15-3-1-13(2-4-15)22(32)29-7-5-25-6-8-29/h1-4,9-12,25H,5-8H2,(H,26,31). The van der Waals surface area contributed by atoms with Crippen molar-refractivity contribution in [3.8, 4) is 16.9 Å². The van der Waals surface area contributed by atoms with Crippen LogP contribution in [0.3, 0.4) is 0 Å². The number of hydrogen-bond donors (Lipinski definition) is 2. The van der Waals surface area contributed by atoms with E-state index in [1.807, 2.05) is 4.90 Å². The molecule has 5 rings (SSSR count). The second-order valence-electron chi connectivity index (χ2n) is 7.50. The number of piperazine rings is 1. The van der Waals surface area contributed by atoms with Gasteiger partial charge in [0.05, 0.1) is 28.0 Å². The maximum Gasteiger partial charge on any atom is 0.258 e. The van der Waals surface area contributed by atoms with E-state index < -0.39 is 11.4 Å². The lowest BCUT2D eigenvalue weighted by Gasteiger charge is -2.27. The highest BCUT2D eigenvalue weighted by Crippen LogP contribution is 2.24. The summed E-state index contributed by atoms with van der Waals surface area (Å²) in [4.78, 5) is 29.6. The highest BCUT2D eigenvalue weighted by atomic mass is 35.5. The number of fused-ring (bicyclic) bond motifs is 1. The van der Waals surface area contributed by atoms with Crippen LogP contribution in [0.5, 0.6) is 0 Å². The molecule has 4 aromatic rings. The van der Waals surface area contributed by atoms with Crippen molar-refractivity contribution in [3.63, 3.8) is 0 Å². The van der Waals surface area contributed by atoms with E-state index >= 15 is 0 Å². The van der Waals surface area contributed by atoms with Gasteiger partial charge < -0.3 is 15.2 Å². The quantitative estimate of drug-likeness (QED) is 0.498. The van der Waals surface area contributed by atoms with Crippen molar-refractivity contribution < 1.29 is 9.18 Å². The molecule has 0 unspecified atom stereocenters. The summed E-state index contributed by atoms with van der Waals surface area (Å²) in [6.45, 7) is 2.96. The van der Waals surface area contributed by atoms with Gasteiger partial charge in [-0.3, -0.25) is 9.59 Å². The van der Waals surface area contributed by atoms with Gasteiger partial charge in [0.2, 0.25) is 0 Å². The van der Waals surface area contributed by atoms with E-state index in [9.17, 15) is 14.0 Å². The van der Waals surface area contributed by atoms with Crippen LogP contribution in [-0.2, 0) is 0 Å². The first-order chi connectivity index (χ1) is 15.5. The molecule has 2 aromatic carbocycles. The fourth-order valence-corrected chi connectivity index (χ4v) is 3.88. The number of nitrogens with one attached hydrogen (secondary N) is 2. The van der Waals surface area contributed by atoms with E-state index in [0.717, 1.165) is 13.1 Å². The van der Waals surface area contributed by atoms with Gasteiger partial charge in [0.1, 0.15) is 11.5 Å². The van der Waals surface area contributed by atoms with Crippen LogP contribution in [0.25, 0.3) is 27.8 Å². The Labute approximate surface area is 186 Å². The van der Waals surface area contributed by atoms with Crippen LogP contribution >= 0.6 is 11.6 Å². The number of nitrogens with zero attached hydrogens (tertiary/aromatic N) is 4. The average Bonchev–Trinajstić information content (AvgIpc) is 3.30. The van der Waals surface area contributed by atoms with Crippen LogP contribution in [0.2, 0.25) is 5.02 Å². The maximum atomic E-state index is 13.7. The number of H-pyrrole nitrogens is 1. The smallest absolute Gasteiger partial charge is 0.258 e. The van der Waals surface area contributed by atoms with Crippen molar-refractivity contribution in [2.45, 2.75) is 0 Å². The molecule has 162 valence electrons. The Morgan fingerprint density at radius 3 is 2.59 bits per heavy atom. The van der Waals surface area contributed by atoms with Gasteiger partial charge in [-0.05, 0) is 42.5 Å². The van der Waals surface area contributed by atoms with E-state index in [4.69, 9.17) is 11.6 Å². The molecule has 3 heterocycles. The first-order valence-electron chi connectivity index (χ1n) is 10.0. The molecular weight excluding hydrogens is 435 g/mol. The number of aromatic nitrogens is 4. The number of hydrogen-bond acceptors (Lipinski definition) is 5. The third-order valence-corrected chi connectivity index (χ3v) is 5.73. The zero-order valence-corrected chi connectivity index (χ0v) is 17.6. The molecular formula is C22H18ClFN6O2. The number of carbonyl (C=O) groups is 1. The van der Waals surface area contributed by atoms with E-state index in [0.29, 0.717) is 40.9 Å². The molecule has 2 N–H and O–H groups in total. The van der Waals surface area contributed by atoms with Crippen LogP contribution in [0.4, 0.5) is 4.39 Å². The number of amides is 1. The van der Waals surface area contributed by atoms with Crippen LogP contribution in [0.1, 0.15) is 10.4 Å². The Morgan fingerprint density at radius 1 is 1.09 bits per heavy atom. The summed E-state index contributed by atoms with van der Waals surface area (Å²) < 4.78 is 15.2. The van der Waals surface area contributed by atoms with Gasteiger partial charge in [0, 0.05) is 37.1 Å². The van der Waals surface area contributed by atoms with Crippen molar-refractivity contribution in [2.75, 3.05) is 26.2 Å². The highest BCUT2D eigenvalue weighted by Gasteiger charge is 2.18. The summed E-state index contributed by atoms with van der Waals surface area (Å²) in [5.74, 6) is -0.609. The second kappa shape index (κ2) is 8.18. The lowest BCUT2D eigenvalue weighted by Crippen LogP contribution is -2.46. The Bertz CT molecular complexity index is 1380. The number of pyridine rings is 1. The number of aromatic amines is 1. The second-order valence-corrected chi connectivity index (χ2v) is 7.91. The molecule has 0 aliphatic carbocycles. The molecule has 1 aliphatic heterocycles. The van der Waals surface area contributed by atoms with E-state index in [1.165, 1.54) is 16.8 Å². The Morgan fingerprint density at radius 2 is 1.84 bits per heavy atom. The topological polar surface area (TPSA) is 95.9 Å². The Hall–Kier alpha value is -3.56. The first kappa shape index (κ1) is 20.3. The molecule has 0 bridgehead atoms. The summed E-state index contributed by atoms with van der Waals surface area (Å²) >= 11 is 5.87. The third-order valence-electron chi connectivity index (χ3n) is 5.44. The molecule has 8 nitrogen and oxygen atoms in total. The van der Waals surface area contributed by atoms with E-state index in [1.54, 1.807) is 36.5 Å². The van der Waals surface area contributed by atoms with Crippen LogP contribution in [-0.4, -0.2) is 57.0 Å². The van der Waals surface area contributed by atoms with Gasteiger partial charge in [-0.2, -0.15) is 0 Å². The molecule has 0 atom stereocenters. The van der Waals surface area contributed by atoms with Crippen molar-refractivity contribution >= 4 is 28.4 Å². The Kier molecular flexibility index (Phi) is 5.20. The van der Waals surface area contributed by atoms with Crippen LogP contribution in [0, 0.1) is 5.82 Å². The molecule has 1 fully saturated rings. The fourth-order valence-electron chi connectivity index (χ4n) is 3.71. The molecule has 2 aromatic heterocycles. The van der Waals surface area contributed by atoms with Gasteiger partial charge >= 0.3 is 0 Å². The number of rotatable bonds is 3. The summed E-state index contributed by atoms with van der Waals surface area (Å²) in [7, 11) is 0. The summed E-state index contributed by atoms with van der Waals surface area (Å²) in [6.07, 6.45) is 1.62. The van der Waals surface area contributed by atoms with Gasteiger partial charge in [-0.15, -0.1) is 5.10 Å². The highest BCUT2D eigenvalue weighted by molar-refractivity contribution is 6.31. The van der Waals surface area contributed by atoms with Crippen molar-refractivity contribution in [3.05, 3.63) is 75.4 Å². The molecule has 1 saturated heterocycles. The molecule has 1 aliphatic rings. The molecule has 0 spiro atoms. The fraction of sp³-hybridized carbons (Fsp3) is 0.182. The van der Waals surface area contributed by atoms with Gasteiger partial charge in [0.25, 0.3) is 11.5 Å². The molecule has 0 radical (unpaired) electrons. The van der Waals surface area contributed by atoms with Crippen molar-refractivity contribution in [1.82, 2.24) is 30.2 Å². The zero-order valence-electron chi connectivity index (χ0n) is 16.8. The van der Waals surface area contributed by atoms with Gasteiger partial charge in [0.15, 0.2) is 0 Å². The molecule has 10 heteroatoms. The van der Waals surface area contributed by atoms with Gasteiger partial charge in [-0.1, -0.05) is 16.8 Å². The summed E-state index contributed by atoms with van der Waals surface area (Å²) in [5.41, 5.74) is 1.88. The zero-order chi connectivity index (χ0) is 22.2. The van der Waals surface area contributed by atoms with Gasteiger partial charge in [-0.25, -0.2) is 9.07 Å². The average molecular weight is 453 g/mol.